The summed E-state index contributed by atoms with van der Waals surface area (Å²) in [6, 6.07) is 0. The maximum Gasteiger partial charge on any atom is 0.355 e. The molecule has 184 valence electrons. The Morgan fingerprint density at radius 3 is 2.27 bits per heavy atom. The second-order valence-corrected chi connectivity index (χ2v) is 9.81. The summed E-state index contributed by atoms with van der Waals surface area (Å²) >= 11 is 0. The van der Waals surface area contributed by atoms with Gasteiger partial charge in [0.2, 0.25) is 5.91 Å². The Balaban J connectivity index is 2.36. The van der Waals surface area contributed by atoms with Crippen molar-refractivity contribution in [3.8, 4) is 0 Å². The van der Waals surface area contributed by atoms with Gasteiger partial charge in [0.15, 0.2) is 0 Å². The molecule has 10 heteroatoms. The Kier molecular flexibility index (Phi) is 7.63. The molecule has 2 atom stereocenters. The van der Waals surface area contributed by atoms with Gasteiger partial charge >= 0.3 is 17.9 Å². The number of carbonyl (C=O) groups excluding carboxylic acids is 4. The van der Waals surface area contributed by atoms with Gasteiger partial charge in [-0.3, -0.25) is 14.4 Å². The van der Waals surface area contributed by atoms with Crippen molar-refractivity contribution in [1.82, 2.24) is 10.3 Å². The highest BCUT2D eigenvalue weighted by atomic mass is 16.6. The van der Waals surface area contributed by atoms with Crippen LogP contribution in [0.1, 0.15) is 74.3 Å². The molecule has 0 saturated carbocycles. The molecule has 2 rings (SSSR count). The SMILES string of the molecule is COC(=O)CCc1c(C(=O)OC(C)(C)C)[nH]c(C[C@]2(O)C[C@](C)(CC(=O)OC)C(=O)N2)c1C. The number of hydrogen-bond acceptors (Lipinski definition) is 8. The Bertz CT molecular complexity index is 945. The van der Waals surface area contributed by atoms with Gasteiger partial charge in [-0.15, -0.1) is 0 Å². The predicted octanol–water partition coefficient (Wildman–Crippen LogP) is 1.70. The zero-order valence-electron chi connectivity index (χ0n) is 20.3. The highest BCUT2D eigenvalue weighted by Gasteiger charge is 2.52. The van der Waals surface area contributed by atoms with E-state index >= 15 is 0 Å². The summed E-state index contributed by atoms with van der Waals surface area (Å²) in [4.78, 5) is 51.9. The predicted molar refractivity (Wildman–Crippen MR) is 117 cm³/mol. The summed E-state index contributed by atoms with van der Waals surface area (Å²) < 4.78 is 14.9. The Labute approximate surface area is 193 Å². The van der Waals surface area contributed by atoms with Gasteiger partial charge in [0.25, 0.3) is 0 Å². The monoisotopic (exact) mass is 466 g/mol. The van der Waals surface area contributed by atoms with Crippen LogP contribution in [0.25, 0.3) is 0 Å². The topological polar surface area (TPSA) is 144 Å². The number of nitrogens with one attached hydrogen (secondary N) is 2. The first-order chi connectivity index (χ1) is 15.1. The van der Waals surface area contributed by atoms with E-state index in [0.717, 1.165) is 0 Å². The lowest BCUT2D eigenvalue weighted by Crippen LogP contribution is -2.43. The molecule has 0 spiro atoms. The Hall–Kier alpha value is -2.88. The first-order valence-electron chi connectivity index (χ1n) is 10.8. The minimum absolute atomic E-state index is 0.0222. The number of rotatable bonds is 8. The van der Waals surface area contributed by atoms with E-state index in [9.17, 15) is 24.3 Å². The van der Waals surface area contributed by atoms with Crippen molar-refractivity contribution in [2.24, 2.45) is 5.41 Å². The number of hydrogen-bond donors (Lipinski definition) is 3. The van der Waals surface area contributed by atoms with Gasteiger partial charge in [-0.2, -0.15) is 0 Å². The van der Waals surface area contributed by atoms with Crippen molar-refractivity contribution in [2.45, 2.75) is 78.0 Å². The van der Waals surface area contributed by atoms with E-state index in [0.29, 0.717) is 16.8 Å². The van der Waals surface area contributed by atoms with Crippen molar-refractivity contribution < 1.29 is 38.5 Å². The van der Waals surface area contributed by atoms with Gasteiger partial charge in [-0.25, -0.2) is 4.79 Å². The molecular weight excluding hydrogens is 432 g/mol. The fourth-order valence-electron chi connectivity index (χ4n) is 4.08. The highest BCUT2D eigenvalue weighted by Crippen LogP contribution is 2.40. The van der Waals surface area contributed by atoms with Crippen LogP contribution < -0.4 is 5.32 Å². The molecule has 1 amide bonds. The van der Waals surface area contributed by atoms with Crippen molar-refractivity contribution in [2.75, 3.05) is 14.2 Å². The van der Waals surface area contributed by atoms with Crippen LogP contribution in [0.15, 0.2) is 0 Å². The molecule has 1 aliphatic heterocycles. The first kappa shape index (κ1) is 26.4. The smallest absolute Gasteiger partial charge is 0.355 e. The fraction of sp³-hybridized carbons (Fsp3) is 0.652. The first-order valence-corrected chi connectivity index (χ1v) is 10.8. The molecule has 1 fully saturated rings. The van der Waals surface area contributed by atoms with Crippen LogP contribution in [-0.2, 0) is 41.4 Å². The summed E-state index contributed by atoms with van der Waals surface area (Å²) in [5.41, 5.74) is -1.56. The molecule has 10 nitrogen and oxygen atoms in total. The number of carbonyl (C=O) groups is 4. The average Bonchev–Trinajstić information content (AvgIpc) is 3.10. The lowest BCUT2D eigenvalue weighted by atomic mass is 9.81. The van der Waals surface area contributed by atoms with Crippen LogP contribution in [-0.4, -0.2) is 59.5 Å². The number of aromatic nitrogens is 1. The van der Waals surface area contributed by atoms with E-state index < -0.39 is 40.6 Å². The van der Waals surface area contributed by atoms with E-state index in [1.54, 1.807) is 34.6 Å². The largest absolute Gasteiger partial charge is 0.469 e. The van der Waals surface area contributed by atoms with E-state index in [1.165, 1.54) is 14.2 Å². The number of aliphatic hydroxyl groups is 1. The number of H-pyrrole nitrogens is 1. The fourth-order valence-corrected chi connectivity index (χ4v) is 4.08. The molecule has 1 aliphatic rings. The molecule has 0 aliphatic carbocycles. The molecule has 0 bridgehead atoms. The maximum atomic E-state index is 12.8. The molecule has 2 heterocycles. The molecule has 1 aromatic heterocycles. The van der Waals surface area contributed by atoms with Crippen molar-refractivity contribution in [3.63, 3.8) is 0 Å². The molecule has 33 heavy (non-hydrogen) atoms. The summed E-state index contributed by atoms with van der Waals surface area (Å²) in [5, 5.41) is 13.7. The summed E-state index contributed by atoms with van der Waals surface area (Å²) in [6.45, 7) is 8.59. The number of ether oxygens (including phenoxy) is 3. The third-order valence-corrected chi connectivity index (χ3v) is 5.70. The number of esters is 3. The Morgan fingerprint density at radius 1 is 1.12 bits per heavy atom. The third-order valence-electron chi connectivity index (χ3n) is 5.70. The van der Waals surface area contributed by atoms with Crippen LogP contribution in [0.5, 0.6) is 0 Å². The summed E-state index contributed by atoms with van der Waals surface area (Å²) in [5.74, 6) is -2.02. The highest BCUT2D eigenvalue weighted by molar-refractivity contribution is 5.91. The second-order valence-electron chi connectivity index (χ2n) is 9.81. The van der Waals surface area contributed by atoms with Gasteiger partial charge in [-0.05, 0) is 45.2 Å². The van der Waals surface area contributed by atoms with Gasteiger partial charge in [-0.1, -0.05) is 6.92 Å². The molecule has 0 unspecified atom stereocenters. The van der Waals surface area contributed by atoms with Gasteiger partial charge < -0.3 is 29.6 Å². The quantitative estimate of drug-likeness (QED) is 0.388. The van der Waals surface area contributed by atoms with Crippen LogP contribution >= 0.6 is 0 Å². The van der Waals surface area contributed by atoms with Crippen LogP contribution in [0.4, 0.5) is 0 Å². The normalized spacial score (nSPS) is 22.6. The molecule has 3 N–H and O–H groups in total. The second kappa shape index (κ2) is 9.54. The van der Waals surface area contributed by atoms with E-state index in [-0.39, 0.29) is 37.8 Å². The molecular formula is C23H34N2O8. The van der Waals surface area contributed by atoms with Crippen LogP contribution in [0.2, 0.25) is 0 Å². The van der Waals surface area contributed by atoms with Crippen molar-refractivity contribution >= 4 is 23.8 Å². The minimum atomic E-state index is -1.64. The number of amides is 1. The van der Waals surface area contributed by atoms with Gasteiger partial charge in [0.05, 0.1) is 26.1 Å². The van der Waals surface area contributed by atoms with Gasteiger partial charge in [0.1, 0.15) is 17.0 Å². The molecule has 0 aromatic carbocycles. The molecule has 1 saturated heterocycles. The minimum Gasteiger partial charge on any atom is -0.469 e. The zero-order valence-corrected chi connectivity index (χ0v) is 20.3. The number of aromatic amines is 1. The van der Waals surface area contributed by atoms with Crippen LogP contribution in [0, 0.1) is 12.3 Å². The standard InChI is InChI=1S/C23H34N2O8/c1-13-14(8-9-16(26)31-6)18(19(28)33-21(2,3)4)24-15(13)10-23(30)12-22(5,20(29)25-23)11-17(27)32-7/h24,30H,8-12H2,1-7H3,(H,25,29)/t22-,23-/m0/s1. The third kappa shape index (κ3) is 6.34. The lowest BCUT2D eigenvalue weighted by Gasteiger charge is -2.24. The molecule has 1 aromatic rings. The van der Waals surface area contributed by atoms with Crippen molar-refractivity contribution in [3.05, 3.63) is 22.5 Å². The maximum absolute atomic E-state index is 12.8. The van der Waals surface area contributed by atoms with E-state index in [1.807, 2.05) is 0 Å². The zero-order chi connectivity index (χ0) is 25.2. The number of methoxy groups -OCH3 is 2. The average molecular weight is 467 g/mol. The lowest BCUT2D eigenvalue weighted by molar-refractivity contribution is -0.146. The van der Waals surface area contributed by atoms with Crippen molar-refractivity contribution in [1.29, 1.82) is 0 Å². The Morgan fingerprint density at radius 2 is 1.73 bits per heavy atom. The van der Waals surface area contributed by atoms with E-state index in [2.05, 4.69) is 15.0 Å². The molecule has 0 radical (unpaired) electrons. The van der Waals surface area contributed by atoms with Gasteiger partial charge in [0, 0.05) is 25.0 Å². The summed E-state index contributed by atoms with van der Waals surface area (Å²) in [7, 11) is 2.53. The van der Waals surface area contributed by atoms with Crippen LogP contribution in [0.3, 0.4) is 0 Å². The van der Waals surface area contributed by atoms with E-state index in [4.69, 9.17) is 9.47 Å². The summed E-state index contributed by atoms with van der Waals surface area (Å²) in [6.07, 6.45) is 0.0625.